The maximum Gasteiger partial charge on any atom is 0.312 e. The molecule has 1 radical (unpaired) electrons. The van der Waals surface area contributed by atoms with E-state index in [0.717, 1.165) is 5.56 Å². The lowest BCUT2D eigenvalue weighted by atomic mass is 10.0. The number of aromatic nitrogens is 3. The van der Waals surface area contributed by atoms with E-state index in [4.69, 9.17) is 5.73 Å². The molecule has 0 aliphatic carbocycles. The molecule has 0 bridgehead atoms. The molecule has 225 valence electrons. The number of primary amides is 1. The second kappa shape index (κ2) is 15.5. The molecule has 2 atom stereocenters. The number of hydrogen-bond donors (Lipinski definition) is 4. The third-order valence-electron chi connectivity index (χ3n) is 6.81. The van der Waals surface area contributed by atoms with Crippen LogP contribution in [-0.4, -0.2) is 62.6 Å². The summed E-state index contributed by atoms with van der Waals surface area (Å²) < 4.78 is 1.47. The molecule has 6 amide bonds. The third-order valence-corrected chi connectivity index (χ3v) is 6.81. The summed E-state index contributed by atoms with van der Waals surface area (Å²) in [6, 6.07) is 5.29. The summed E-state index contributed by atoms with van der Waals surface area (Å²) in [7, 11) is 0. The van der Waals surface area contributed by atoms with Crippen molar-refractivity contribution in [1.29, 1.82) is 0 Å². The Labute approximate surface area is 245 Å². The molecule has 0 fully saturated rings. The highest BCUT2D eigenvalue weighted by Crippen LogP contribution is 2.23. The summed E-state index contributed by atoms with van der Waals surface area (Å²) in [6.45, 7) is 8.38. The van der Waals surface area contributed by atoms with E-state index in [9.17, 15) is 24.0 Å². The van der Waals surface area contributed by atoms with Crippen molar-refractivity contribution < 1.29 is 24.0 Å². The zero-order valence-electron chi connectivity index (χ0n) is 24.0. The summed E-state index contributed by atoms with van der Waals surface area (Å²) in [5.74, 6) is -1.08. The molecule has 0 unspecified atom stereocenters. The van der Waals surface area contributed by atoms with Crippen molar-refractivity contribution in [1.82, 2.24) is 30.5 Å². The molecule has 42 heavy (non-hydrogen) atoms. The standard InChI is InChI=1S/C29H39N8O5/c1-19(2)27(33-24(38)9-5-4-6-17-36-25(39)14-15-26(36)40)22-18-37(35-34-22)23(8-7-16-31-29(30)42)28(41)32-21-12-10-20(3)11-13-21/h10-15,18-19,23,27H,3-9,16-17H2,1-2H3,(H,32,41)(H,33,38)(H3,30,31,42)/t23-,27-/m0/s1. The topological polar surface area (TPSA) is 181 Å². The number of amides is 6. The number of imide groups is 1. The Morgan fingerprint density at radius 2 is 1.69 bits per heavy atom. The molecule has 0 spiro atoms. The number of nitrogens with zero attached hydrogens (tertiary/aromatic N) is 4. The minimum Gasteiger partial charge on any atom is -0.352 e. The van der Waals surface area contributed by atoms with Crippen LogP contribution >= 0.6 is 0 Å². The summed E-state index contributed by atoms with van der Waals surface area (Å²) >= 11 is 0. The first-order valence-electron chi connectivity index (χ1n) is 14.1. The van der Waals surface area contributed by atoms with Gasteiger partial charge in [-0.2, -0.15) is 0 Å². The molecule has 1 aliphatic heterocycles. The lowest BCUT2D eigenvalue weighted by Crippen LogP contribution is -2.32. The predicted molar refractivity (Wildman–Crippen MR) is 155 cm³/mol. The van der Waals surface area contributed by atoms with Gasteiger partial charge >= 0.3 is 6.03 Å². The highest BCUT2D eigenvalue weighted by molar-refractivity contribution is 6.12. The number of unbranched alkanes of at least 4 members (excludes halogenated alkanes) is 2. The van der Waals surface area contributed by atoms with Gasteiger partial charge in [-0.05, 0) is 56.2 Å². The molecule has 13 heteroatoms. The largest absolute Gasteiger partial charge is 0.352 e. The lowest BCUT2D eigenvalue weighted by Gasteiger charge is -2.20. The number of carbonyl (C=O) groups excluding carboxylic acids is 5. The molecule has 5 N–H and O–H groups in total. The van der Waals surface area contributed by atoms with Crippen LogP contribution in [-0.2, 0) is 19.2 Å². The van der Waals surface area contributed by atoms with Crippen molar-refractivity contribution >= 4 is 35.3 Å². The molecule has 2 aromatic rings. The minimum atomic E-state index is -0.728. The van der Waals surface area contributed by atoms with Crippen molar-refractivity contribution in [2.45, 2.75) is 64.5 Å². The average molecular weight is 580 g/mol. The van der Waals surface area contributed by atoms with Gasteiger partial charge in [0.25, 0.3) is 11.8 Å². The monoisotopic (exact) mass is 579 g/mol. The maximum atomic E-state index is 13.3. The van der Waals surface area contributed by atoms with Crippen LogP contribution in [0, 0.1) is 12.8 Å². The Kier molecular flexibility index (Phi) is 11.8. The van der Waals surface area contributed by atoms with E-state index in [-0.39, 0.29) is 36.0 Å². The van der Waals surface area contributed by atoms with Gasteiger partial charge in [0.1, 0.15) is 11.7 Å². The SMILES string of the molecule is [CH2]c1ccc(NC(=O)[C@H](CCCNC(N)=O)n2cc([C@@H](NC(=O)CCCCCN3C(=O)C=CC3=O)C(C)C)nn2)cc1. The zero-order valence-corrected chi connectivity index (χ0v) is 24.0. The van der Waals surface area contributed by atoms with Gasteiger partial charge in [-0.25, -0.2) is 9.48 Å². The van der Waals surface area contributed by atoms with Crippen LogP contribution in [0.3, 0.4) is 0 Å². The molecule has 1 aromatic heterocycles. The van der Waals surface area contributed by atoms with Crippen molar-refractivity contribution in [3.05, 3.63) is 60.8 Å². The number of urea groups is 1. The summed E-state index contributed by atoms with van der Waals surface area (Å²) in [4.78, 5) is 61.5. The van der Waals surface area contributed by atoms with Gasteiger partial charge in [0.05, 0.1) is 12.2 Å². The van der Waals surface area contributed by atoms with Gasteiger partial charge in [-0.1, -0.05) is 37.6 Å². The summed E-state index contributed by atoms with van der Waals surface area (Å²) in [6.07, 6.45) is 7.18. The van der Waals surface area contributed by atoms with Crippen molar-refractivity contribution in [2.75, 3.05) is 18.4 Å². The highest BCUT2D eigenvalue weighted by Gasteiger charge is 2.27. The predicted octanol–water partition coefficient (Wildman–Crippen LogP) is 2.39. The molecule has 1 aliphatic rings. The van der Waals surface area contributed by atoms with Crippen molar-refractivity contribution in [2.24, 2.45) is 11.7 Å². The summed E-state index contributed by atoms with van der Waals surface area (Å²) in [5, 5.41) is 16.9. The van der Waals surface area contributed by atoms with E-state index in [2.05, 4.69) is 33.2 Å². The molecule has 0 saturated heterocycles. The second-order valence-corrected chi connectivity index (χ2v) is 10.5. The van der Waals surface area contributed by atoms with Crippen LogP contribution in [0.4, 0.5) is 10.5 Å². The molecular formula is C29H39N8O5. The number of nitrogens with two attached hydrogens (primary N) is 1. The quantitative estimate of drug-likeness (QED) is 0.174. The van der Waals surface area contributed by atoms with E-state index >= 15 is 0 Å². The molecule has 2 heterocycles. The highest BCUT2D eigenvalue weighted by atomic mass is 16.2. The van der Waals surface area contributed by atoms with Crippen molar-refractivity contribution in [3.63, 3.8) is 0 Å². The van der Waals surface area contributed by atoms with E-state index < -0.39 is 18.1 Å². The fourth-order valence-electron chi connectivity index (χ4n) is 4.50. The zero-order chi connectivity index (χ0) is 30.6. The van der Waals surface area contributed by atoms with Crippen molar-refractivity contribution in [3.8, 4) is 0 Å². The van der Waals surface area contributed by atoms with E-state index in [0.29, 0.717) is 56.6 Å². The number of rotatable bonds is 16. The van der Waals surface area contributed by atoms with Crippen LogP contribution in [0.15, 0.2) is 42.6 Å². The fourth-order valence-corrected chi connectivity index (χ4v) is 4.50. The number of hydrogen-bond acceptors (Lipinski definition) is 7. The van der Waals surface area contributed by atoms with Crippen LogP contribution in [0.5, 0.6) is 0 Å². The van der Waals surface area contributed by atoms with Gasteiger partial charge in [-0.15, -0.1) is 5.10 Å². The number of anilines is 1. The fraction of sp³-hybridized carbons (Fsp3) is 0.448. The number of carbonyl (C=O) groups is 5. The third kappa shape index (κ3) is 9.53. The maximum absolute atomic E-state index is 13.3. The van der Waals surface area contributed by atoms with Crippen LogP contribution < -0.4 is 21.7 Å². The first kappa shape index (κ1) is 32.0. The molecule has 1 aromatic carbocycles. The Morgan fingerprint density at radius 3 is 2.33 bits per heavy atom. The van der Waals surface area contributed by atoms with E-state index in [1.807, 2.05) is 13.8 Å². The average Bonchev–Trinajstić information content (AvgIpc) is 3.54. The first-order chi connectivity index (χ1) is 20.0. The number of benzene rings is 1. The van der Waals surface area contributed by atoms with Crippen LogP contribution in [0.1, 0.15) is 75.7 Å². The van der Waals surface area contributed by atoms with E-state index in [1.54, 1.807) is 30.5 Å². The van der Waals surface area contributed by atoms with Crippen LogP contribution in [0.2, 0.25) is 0 Å². The number of nitrogens with one attached hydrogen (secondary N) is 3. The Morgan fingerprint density at radius 1 is 1.00 bits per heavy atom. The van der Waals surface area contributed by atoms with Gasteiger partial charge in [-0.3, -0.25) is 24.1 Å². The molecule has 0 saturated carbocycles. The Bertz CT molecular complexity index is 1270. The molecular weight excluding hydrogens is 540 g/mol. The first-order valence-corrected chi connectivity index (χ1v) is 14.1. The Hall–Kier alpha value is -4.55. The summed E-state index contributed by atoms with van der Waals surface area (Å²) in [5.41, 5.74) is 7.10. The minimum absolute atomic E-state index is 0.00741. The van der Waals surface area contributed by atoms with Gasteiger partial charge in [0, 0.05) is 37.3 Å². The Balaban J connectivity index is 1.59. The van der Waals surface area contributed by atoms with E-state index in [1.165, 1.54) is 21.7 Å². The van der Waals surface area contributed by atoms with Gasteiger partial charge < -0.3 is 21.7 Å². The van der Waals surface area contributed by atoms with Gasteiger partial charge in [0.2, 0.25) is 11.8 Å². The van der Waals surface area contributed by atoms with Gasteiger partial charge in [0.15, 0.2) is 0 Å². The van der Waals surface area contributed by atoms with Crippen LogP contribution in [0.25, 0.3) is 0 Å². The normalized spacial score (nSPS) is 14.2. The molecule has 3 rings (SSSR count). The smallest absolute Gasteiger partial charge is 0.312 e. The second-order valence-electron chi connectivity index (χ2n) is 10.5. The lowest BCUT2D eigenvalue weighted by molar-refractivity contribution is -0.137. The molecule has 13 nitrogen and oxygen atoms in total.